The molecule has 2 aliphatic heterocycles. The molecule has 16 heavy (non-hydrogen) atoms. The van der Waals surface area contributed by atoms with Gasteiger partial charge in [0.15, 0.2) is 0 Å². The monoisotopic (exact) mass is 246 g/mol. The Morgan fingerprint density at radius 2 is 1.69 bits per heavy atom. The van der Waals surface area contributed by atoms with Gasteiger partial charge in [0.25, 0.3) is 0 Å². The first-order valence-corrected chi connectivity index (χ1v) is 6.76. The molecule has 0 bridgehead atoms. The van der Waals surface area contributed by atoms with E-state index in [9.17, 15) is 0 Å². The zero-order valence-corrected chi connectivity index (χ0v) is 9.30. The molecule has 7 heteroatoms. The first kappa shape index (κ1) is 10.4. The van der Waals surface area contributed by atoms with Crippen LogP contribution in [0, 0.1) is 0 Å². The normalized spacial score (nSPS) is 28.6. The fourth-order valence-electron chi connectivity index (χ4n) is 1.45. The predicted molar refractivity (Wildman–Crippen MR) is 53.8 cm³/mol. The molecule has 1 aromatic carbocycles. The third-order valence-electron chi connectivity index (χ3n) is 2.19. The van der Waals surface area contributed by atoms with E-state index in [-0.39, 0.29) is 0 Å². The average molecular weight is 246 g/mol. The molecule has 3 rings (SSSR count). The van der Waals surface area contributed by atoms with Crippen molar-refractivity contribution in [2.24, 2.45) is 0 Å². The molecular formula is C9H11O6P. The van der Waals surface area contributed by atoms with Crippen molar-refractivity contribution in [2.45, 2.75) is 6.42 Å². The van der Waals surface area contributed by atoms with Gasteiger partial charge < -0.3 is 0 Å². The Morgan fingerprint density at radius 3 is 2.25 bits per heavy atom. The number of hydrogen-bond acceptors (Lipinski definition) is 6. The summed E-state index contributed by atoms with van der Waals surface area (Å²) in [5.41, 5.74) is 0. The summed E-state index contributed by atoms with van der Waals surface area (Å²) >= 11 is 0. The van der Waals surface area contributed by atoms with Crippen LogP contribution in [0.5, 0.6) is 5.75 Å². The molecule has 1 aromatic rings. The minimum absolute atomic E-state index is 0.452. The van der Waals surface area contributed by atoms with Crippen LogP contribution in [-0.4, -0.2) is 13.2 Å². The fourth-order valence-corrected chi connectivity index (χ4v) is 3.39. The molecule has 2 saturated heterocycles. The third kappa shape index (κ3) is 1.60. The minimum atomic E-state index is -3.92. The Labute approximate surface area is 92.2 Å². The van der Waals surface area contributed by atoms with E-state index in [4.69, 9.17) is 22.9 Å². The van der Waals surface area contributed by atoms with Crippen LogP contribution in [0.3, 0.4) is 0 Å². The van der Waals surface area contributed by atoms with Crippen molar-refractivity contribution in [3.8, 4) is 5.75 Å². The van der Waals surface area contributed by atoms with Gasteiger partial charge in [-0.15, -0.1) is 0 Å². The molecule has 0 unspecified atom stereocenters. The Hall–Kier alpha value is -0.750. The van der Waals surface area contributed by atoms with E-state index in [0.29, 0.717) is 19.0 Å². The van der Waals surface area contributed by atoms with Gasteiger partial charge in [-0.1, -0.05) is 0 Å². The van der Waals surface area contributed by atoms with Crippen molar-refractivity contribution in [1.29, 1.82) is 0 Å². The van der Waals surface area contributed by atoms with E-state index >= 15 is 0 Å². The molecule has 0 atom stereocenters. The summed E-state index contributed by atoms with van der Waals surface area (Å²) in [4.78, 5) is 0. The molecule has 6 nitrogen and oxygen atoms in total. The van der Waals surface area contributed by atoms with Crippen LogP contribution in [0.25, 0.3) is 0 Å². The number of para-hydroxylation sites is 1. The summed E-state index contributed by atoms with van der Waals surface area (Å²) in [6.07, 6.45) is 0.767. The van der Waals surface area contributed by atoms with Crippen molar-refractivity contribution < 1.29 is 28.0 Å². The van der Waals surface area contributed by atoms with Crippen LogP contribution in [-0.2, 0) is 23.4 Å². The molecule has 0 radical (unpaired) electrons. The Bertz CT molecular complexity index is 369. The zero-order chi connectivity index (χ0) is 10.9. The number of rotatable bonds is 2. The fraction of sp³-hybridized carbons (Fsp3) is 0.333. The van der Waals surface area contributed by atoms with Gasteiger partial charge >= 0.3 is 91.4 Å². The molecular weight excluding hydrogens is 235 g/mol. The van der Waals surface area contributed by atoms with Gasteiger partial charge in [0.2, 0.25) is 0 Å². The van der Waals surface area contributed by atoms with Crippen LogP contribution < -0.4 is 4.52 Å². The summed E-state index contributed by atoms with van der Waals surface area (Å²) in [5, 5.41) is 4.27. The second kappa shape index (κ2) is 3.63. The second-order valence-electron chi connectivity index (χ2n) is 3.39. The van der Waals surface area contributed by atoms with E-state index in [1.54, 1.807) is 12.1 Å². The maximum absolute atomic E-state index is 5.58. The maximum atomic E-state index is 5.58. The van der Waals surface area contributed by atoms with E-state index in [2.05, 4.69) is 5.04 Å². The van der Waals surface area contributed by atoms with Crippen LogP contribution in [0.1, 0.15) is 6.42 Å². The molecule has 0 aliphatic carbocycles. The zero-order valence-electron chi connectivity index (χ0n) is 8.40. The van der Waals surface area contributed by atoms with Crippen molar-refractivity contribution >= 4 is 7.74 Å². The Kier molecular flexibility index (Phi) is 2.36. The quantitative estimate of drug-likeness (QED) is 0.590. The van der Waals surface area contributed by atoms with Gasteiger partial charge in [0.05, 0.1) is 0 Å². The number of hydrogen-bond donors (Lipinski definition) is 0. The summed E-state index contributed by atoms with van der Waals surface area (Å²) < 4.78 is 26.2. The van der Waals surface area contributed by atoms with E-state index < -0.39 is 7.74 Å². The first-order valence-electron chi connectivity index (χ1n) is 4.94. The van der Waals surface area contributed by atoms with Gasteiger partial charge in [0, 0.05) is 0 Å². The van der Waals surface area contributed by atoms with Gasteiger partial charge in [-0.3, -0.25) is 0 Å². The molecule has 0 amide bonds. The first-order chi connectivity index (χ1) is 7.81. The molecule has 2 aliphatic rings. The average Bonchev–Trinajstić information content (AvgIpc) is 2.30. The third-order valence-corrected chi connectivity index (χ3v) is 4.52. The standard InChI is InChI=1S/C9H11O6P/c1-2-5-9(6-3-1)12-16(14-13-15-16)10-7-4-8-11-16/h1-3,5-6H,4,7-8H2. The van der Waals surface area contributed by atoms with Crippen molar-refractivity contribution in [3.63, 3.8) is 0 Å². The van der Waals surface area contributed by atoms with E-state index in [1.807, 2.05) is 18.2 Å². The van der Waals surface area contributed by atoms with Crippen molar-refractivity contribution in [1.82, 2.24) is 0 Å². The Balaban J connectivity index is 1.85. The Morgan fingerprint density at radius 1 is 1.00 bits per heavy atom. The SMILES string of the molecule is c1ccc(OP23(OCCCO2)OOO3)cc1. The summed E-state index contributed by atoms with van der Waals surface area (Å²) in [5.74, 6) is 0.547. The molecule has 1 spiro atoms. The van der Waals surface area contributed by atoms with Gasteiger partial charge in [0.1, 0.15) is 0 Å². The number of benzene rings is 1. The summed E-state index contributed by atoms with van der Waals surface area (Å²) in [6.45, 7) is 0.905. The summed E-state index contributed by atoms with van der Waals surface area (Å²) in [6, 6.07) is 9.05. The van der Waals surface area contributed by atoms with Gasteiger partial charge in [-0.25, -0.2) is 0 Å². The van der Waals surface area contributed by atoms with Gasteiger partial charge in [-0.05, 0) is 0 Å². The van der Waals surface area contributed by atoms with Gasteiger partial charge in [-0.2, -0.15) is 0 Å². The van der Waals surface area contributed by atoms with E-state index in [1.165, 1.54) is 0 Å². The molecule has 88 valence electrons. The molecule has 2 heterocycles. The van der Waals surface area contributed by atoms with Crippen LogP contribution in [0.4, 0.5) is 0 Å². The molecule has 0 N–H and O–H groups in total. The molecule has 0 saturated carbocycles. The van der Waals surface area contributed by atoms with Crippen LogP contribution >= 0.6 is 7.74 Å². The topological polar surface area (TPSA) is 55.4 Å². The predicted octanol–water partition coefficient (Wildman–Crippen LogP) is 2.52. The van der Waals surface area contributed by atoms with Crippen molar-refractivity contribution in [3.05, 3.63) is 30.3 Å². The van der Waals surface area contributed by atoms with Crippen molar-refractivity contribution in [2.75, 3.05) is 13.2 Å². The van der Waals surface area contributed by atoms with Crippen LogP contribution in [0.15, 0.2) is 30.3 Å². The molecule has 2 fully saturated rings. The van der Waals surface area contributed by atoms with E-state index in [0.717, 1.165) is 6.42 Å². The second-order valence-corrected chi connectivity index (χ2v) is 5.87. The van der Waals surface area contributed by atoms with Crippen LogP contribution in [0.2, 0.25) is 0 Å². The summed E-state index contributed by atoms with van der Waals surface area (Å²) in [7, 11) is -3.92. The molecule has 0 aromatic heterocycles.